The predicted octanol–water partition coefficient (Wildman–Crippen LogP) is 2.65. The highest BCUT2D eigenvalue weighted by molar-refractivity contribution is 5.77. The van der Waals surface area contributed by atoms with Gasteiger partial charge in [0.2, 0.25) is 0 Å². The first kappa shape index (κ1) is 26.7. The topological polar surface area (TPSA) is 113 Å². The number of hydrogen-bond donors (Lipinski definition) is 4. The van der Waals surface area contributed by atoms with Crippen LogP contribution in [0.25, 0.3) is 0 Å². The Morgan fingerprint density at radius 1 is 0.577 bits per heavy atom. The first-order valence-electron chi connectivity index (χ1n) is 5.08. The van der Waals surface area contributed by atoms with Crippen LogP contribution < -0.4 is 6.15 Å². The molecule has 0 fully saturated rings. The van der Waals surface area contributed by atoms with E-state index in [9.17, 15) is 61.9 Å². The summed E-state index contributed by atoms with van der Waals surface area (Å²) in [4.78, 5) is 9.83. The Morgan fingerprint density at radius 3 is 1.08 bits per heavy atom. The zero-order chi connectivity index (χ0) is 21.1. The normalized spacial score (nSPS) is 19.2. The van der Waals surface area contributed by atoms with Crippen molar-refractivity contribution in [2.24, 2.45) is 0 Å². The van der Waals surface area contributed by atoms with Crippen molar-refractivity contribution in [2.75, 3.05) is 0 Å². The highest BCUT2D eigenvalue weighted by atomic mass is 19.4. The van der Waals surface area contributed by atoms with Crippen LogP contribution in [0.2, 0.25) is 0 Å². The molecular weight excluding hydrogens is 421 g/mol. The highest BCUT2D eigenvalue weighted by Gasteiger charge is 2.92. The molecule has 5 nitrogen and oxygen atoms in total. The van der Waals surface area contributed by atoms with Crippen molar-refractivity contribution in [1.29, 1.82) is 0 Å². The molecule has 2 unspecified atom stereocenters. The van der Waals surface area contributed by atoms with E-state index >= 15 is 0 Å². The summed E-state index contributed by atoms with van der Waals surface area (Å²) >= 11 is 0. The molecule has 0 bridgehead atoms. The third kappa shape index (κ3) is 3.02. The number of aliphatic hydroxyl groups is 2. The molecule has 0 saturated heterocycles. The molecule has 0 aliphatic heterocycles. The van der Waals surface area contributed by atoms with Crippen LogP contribution in [0, 0.1) is 0 Å². The van der Waals surface area contributed by atoms with Crippen molar-refractivity contribution in [2.45, 2.75) is 41.6 Å². The third-order valence-electron chi connectivity index (χ3n) is 2.68. The molecular formula is C8H6F13NO4. The molecule has 0 aliphatic carbocycles. The molecule has 26 heavy (non-hydrogen) atoms. The maximum absolute atomic E-state index is 13.0. The number of alkyl halides is 13. The van der Waals surface area contributed by atoms with E-state index in [0.717, 1.165) is 0 Å². The number of carboxylic acids is 1. The van der Waals surface area contributed by atoms with Gasteiger partial charge in [0.05, 0.1) is 0 Å². The number of carbonyl (C=O) groups is 1. The average Bonchev–Trinajstić information content (AvgIpc) is 2.35. The summed E-state index contributed by atoms with van der Waals surface area (Å²) in [5.74, 6) is -50.2. The fourth-order valence-electron chi connectivity index (χ4n) is 1.14. The van der Waals surface area contributed by atoms with Gasteiger partial charge in [-0.15, -0.1) is 0 Å². The molecule has 0 rings (SSSR count). The van der Waals surface area contributed by atoms with Gasteiger partial charge in [-0.3, -0.25) is 0 Å². The summed E-state index contributed by atoms with van der Waals surface area (Å²) in [6.45, 7) is 0. The van der Waals surface area contributed by atoms with Gasteiger partial charge in [0.25, 0.3) is 0 Å². The van der Waals surface area contributed by atoms with Crippen LogP contribution in [0.4, 0.5) is 57.1 Å². The SMILES string of the molecule is N.O=C(O)C(F)(F)C(O)(F)C(F)(F)C(F)(F)C(O)(F)C(F)(F)C(F)(F)F. The summed E-state index contributed by atoms with van der Waals surface area (Å²) in [7, 11) is 0. The zero-order valence-electron chi connectivity index (χ0n) is 11.4. The van der Waals surface area contributed by atoms with Crippen LogP contribution in [-0.4, -0.2) is 62.9 Å². The first-order chi connectivity index (χ1) is 10.4. The van der Waals surface area contributed by atoms with Crippen LogP contribution in [0.1, 0.15) is 0 Å². The second-order valence-corrected chi connectivity index (χ2v) is 4.34. The van der Waals surface area contributed by atoms with Crippen LogP contribution >= 0.6 is 0 Å². The van der Waals surface area contributed by atoms with E-state index in [-0.39, 0.29) is 6.15 Å². The van der Waals surface area contributed by atoms with Crippen molar-refractivity contribution < 1.29 is 77.2 Å². The van der Waals surface area contributed by atoms with Gasteiger partial charge in [-0.25, -0.2) is 4.79 Å². The molecule has 0 saturated carbocycles. The van der Waals surface area contributed by atoms with Crippen LogP contribution in [0.5, 0.6) is 0 Å². The Labute approximate surface area is 132 Å². The molecule has 18 heteroatoms. The van der Waals surface area contributed by atoms with Crippen molar-refractivity contribution in [3.63, 3.8) is 0 Å². The van der Waals surface area contributed by atoms with Gasteiger partial charge in [-0.05, 0) is 0 Å². The Hall–Kier alpha value is -1.56. The number of halogens is 13. The maximum Gasteiger partial charge on any atom is 0.459 e. The Bertz CT molecular complexity index is 541. The Balaban J connectivity index is 0. The van der Waals surface area contributed by atoms with E-state index in [1.54, 1.807) is 0 Å². The minimum atomic E-state index is -8.12. The largest absolute Gasteiger partial charge is 0.477 e. The van der Waals surface area contributed by atoms with Crippen molar-refractivity contribution in [3.8, 4) is 0 Å². The number of hydrogen-bond acceptors (Lipinski definition) is 4. The third-order valence-corrected chi connectivity index (χ3v) is 2.68. The highest BCUT2D eigenvalue weighted by Crippen LogP contribution is 2.59. The van der Waals surface area contributed by atoms with Crippen LogP contribution in [0.15, 0.2) is 0 Å². The lowest BCUT2D eigenvalue weighted by atomic mass is 9.89. The molecule has 0 aromatic rings. The summed E-state index contributed by atoms with van der Waals surface area (Å²) in [5, 5.41) is 23.7. The molecule has 0 spiro atoms. The lowest BCUT2D eigenvalue weighted by molar-refractivity contribution is -0.474. The monoisotopic (exact) mass is 427 g/mol. The van der Waals surface area contributed by atoms with Crippen molar-refractivity contribution >= 4 is 5.97 Å². The second kappa shape index (κ2) is 6.25. The minimum Gasteiger partial charge on any atom is -0.477 e. The Kier molecular flexibility index (Phi) is 6.42. The van der Waals surface area contributed by atoms with Gasteiger partial charge in [-0.1, -0.05) is 0 Å². The van der Waals surface area contributed by atoms with Gasteiger partial charge in [0.15, 0.2) is 0 Å². The lowest BCUT2D eigenvalue weighted by Gasteiger charge is -2.42. The van der Waals surface area contributed by atoms with Crippen molar-refractivity contribution in [1.82, 2.24) is 6.15 Å². The lowest BCUT2D eigenvalue weighted by Crippen LogP contribution is -2.75. The Morgan fingerprint density at radius 2 is 0.846 bits per heavy atom. The molecule has 0 aliphatic rings. The molecule has 0 amide bonds. The van der Waals surface area contributed by atoms with E-state index in [1.165, 1.54) is 0 Å². The second-order valence-electron chi connectivity index (χ2n) is 4.34. The minimum absolute atomic E-state index is 0. The van der Waals surface area contributed by atoms with E-state index in [2.05, 4.69) is 0 Å². The zero-order valence-corrected chi connectivity index (χ0v) is 11.4. The quantitative estimate of drug-likeness (QED) is 0.487. The van der Waals surface area contributed by atoms with Gasteiger partial charge >= 0.3 is 47.5 Å². The van der Waals surface area contributed by atoms with Gasteiger partial charge in [-0.2, -0.15) is 57.1 Å². The smallest absolute Gasteiger partial charge is 0.459 e. The molecule has 0 aromatic carbocycles. The standard InChI is InChI=1S/C8H3F13O4.H3N/c9-2(10,1(22)23)6(17,24)3(11,12)4(13,14)7(18,25)5(15,16)8(19,20)21;/h24-25H,(H,22,23);1H3. The number of aliphatic carboxylic acids is 1. The predicted molar refractivity (Wildman–Crippen MR) is 50.6 cm³/mol. The van der Waals surface area contributed by atoms with E-state index in [1.807, 2.05) is 0 Å². The van der Waals surface area contributed by atoms with E-state index in [0.29, 0.717) is 0 Å². The molecule has 0 radical (unpaired) electrons. The molecule has 0 aromatic heterocycles. The summed E-state index contributed by atoms with van der Waals surface area (Å²) in [5.41, 5.74) is 0. The summed E-state index contributed by atoms with van der Waals surface area (Å²) in [6, 6.07) is 0. The first-order valence-corrected chi connectivity index (χ1v) is 5.08. The molecule has 0 heterocycles. The summed E-state index contributed by atoms with van der Waals surface area (Å²) < 4.78 is 164. The summed E-state index contributed by atoms with van der Waals surface area (Å²) in [6.07, 6.45) is -7.53. The van der Waals surface area contributed by atoms with Gasteiger partial charge < -0.3 is 21.5 Å². The maximum atomic E-state index is 13.0. The van der Waals surface area contributed by atoms with E-state index < -0.39 is 47.5 Å². The molecule has 2 atom stereocenters. The van der Waals surface area contributed by atoms with E-state index in [4.69, 9.17) is 15.3 Å². The van der Waals surface area contributed by atoms with Crippen LogP contribution in [-0.2, 0) is 4.79 Å². The fraction of sp³-hybridized carbons (Fsp3) is 0.875. The van der Waals surface area contributed by atoms with Crippen molar-refractivity contribution in [3.05, 3.63) is 0 Å². The fourth-order valence-corrected chi connectivity index (χ4v) is 1.14. The van der Waals surface area contributed by atoms with Crippen LogP contribution in [0.3, 0.4) is 0 Å². The number of carboxylic acid groups (broad SMARTS) is 1. The molecule has 6 N–H and O–H groups in total. The number of rotatable bonds is 6. The molecule has 158 valence electrons. The van der Waals surface area contributed by atoms with Gasteiger partial charge in [0.1, 0.15) is 0 Å². The van der Waals surface area contributed by atoms with Gasteiger partial charge in [0, 0.05) is 0 Å². The average molecular weight is 427 g/mol.